The molecule has 0 bridgehead atoms. The first-order valence-corrected chi connectivity index (χ1v) is 8.95. The molecule has 0 aromatic rings. The van der Waals surface area contributed by atoms with Crippen molar-refractivity contribution in [2.24, 2.45) is 5.41 Å². The maximum absolute atomic E-state index is 12.6. The number of hydrogen-bond acceptors (Lipinski definition) is 7. The van der Waals surface area contributed by atoms with E-state index in [2.05, 4.69) is 10.1 Å². The van der Waals surface area contributed by atoms with Crippen LogP contribution >= 0.6 is 0 Å². The molecule has 1 aliphatic heterocycles. The van der Waals surface area contributed by atoms with E-state index >= 15 is 0 Å². The molecule has 8 heteroatoms. The van der Waals surface area contributed by atoms with Crippen LogP contribution in [0.5, 0.6) is 0 Å². The van der Waals surface area contributed by atoms with Crippen LogP contribution < -0.4 is 5.32 Å². The van der Waals surface area contributed by atoms with Gasteiger partial charge < -0.3 is 29.4 Å². The van der Waals surface area contributed by atoms with Crippen molar-refractivity contribution in [1.82, 2.24) is 5.32 Å². The van der Waals surface area contributed by atoms with Crippen molar-refractivity contribution in [1.29, 1.82) is 0 Å². The average Bonchev–Trinajstić information content (AvgIpc) is 2.55. The Morgan fingerprint density at radius 3 is 2.30 bits per heavy atom. The van der Waals surface area contributed by atoms with Crippen LogP contribution in [-0.2, 0) is 28.5 Å². The van der Waals surface area contributed by atoms with Crippen molar-refractivity contribution in [2.45, 2.75) is 77.8 Å². The van der Waals surface area contributed by atoms with E-state index in [4.69, 9.17) is 14.2 Å². The number of rotatable bonds is 6. The number of methoxy groups -OCH3 is 2. The van der Waals surface area contributed by atoms with E-state index in [0.29, 0.717) is 0 Å². The highest BCUT2D eigenvalue weighted by Crippen LogP contribution is 2.31. The van der Waals surface area contributed by atoms with Gasteiger partial charge in [-0.25, -0.2) is 4.79 Å². The number of amides is 1. The number of hydrogen-bond donors (Lipinski definition) is 2. The minimum Gasteiger partial charge on any atom is -0.467 e. The Hall–Kier alpha value is -1.48. The van der Waals surface area contributed by atoms with Gasteiger partial charge in [-0.1, -0.05) is 32.9 Å². The van der Waals surface area contributed by atoms with Gasteiger partial charge in [0.15, 0.2) is 11.9 Å². The second kappa shape index (κ2) is 9.14. The maximum Gasteiger partial charge on any atom is 0.328 e. The number of carbonyl (C=O) groups excluding carboxylic acids is 2. The molecule has 156 valence electrons. The highest BCUT2D eigenvalue weighted by atomic mass is 16.7. The summed E-state index contributed by atoms with van der Waals surface area (Å²) in [7, 11) is 2.57. The third-order valence-corrected chi connectivity index (χ3v) is 4.02. The Labute approximate surface area is 161 Å². The lowest BCUT2D eigenvalue weighted by Crippen LogP contribution is -2.61. The summed E-state index contributed by atoms with van der Waals surface area (Å²) in [5, 5.41) is 13.3. The van der Waals surface area contributed by atoms with Gasteiger partial charge in [0.2, 0.25) is 0 Å². The lowest BCUT2D eigenvalue weighted by Gasteiger charge is -2.45. The topological polar surface area (TPSA) is 103 Å². The fourth-order valence-electron chi connectivity index (χ4n) is 2.71. The number of ether oxygens (including phenoxy) is 4. The summed E-state index contributed by atoms with van der Waals surface area (Å²) in [4.78, 5) is 24.1. The molecular weight excluding hydrogens is 354 g/mol. The molecule has 0 aromatic carbocycles. The molecule has 0 radical (unpaired) electrons. The van der Waals surface area contributed by atoms with Crippen molar-refractivity contribution in [3.05, 3.63) is 12.2 Å². The molecule has 0 saturated carbocycles. The number of nitrogens with one attached hydrogen (secondary N) is 1. The van der Waals surface area contributed by atoms with Crippen molar-refractivity contribution < 1.29 is 33.6 Å². The zero-order valence-electron chi connectivity index (χ0n) is 17.4. The molecule has 0 aromatic heterocycles. The number of allylic oxidation sites excluding steroid dienone is 1. The maximum atomic E-state index is 12.6. The molecule has 8 nitrogen and oxygen atoms in total. The average molecular weight is 387 g/mol. The first kappa shape index (κ1) is 23.6. The Balaban J connectivity index is 3.02. The predicted molar refractivity (Wildman–Crippen MR) is 98.8 cm³/mol. The highest BCUT2D eigenvalue weighted by Gasteiger charge is 2.47. The Morgan fingerprint density at radius 2 is 1.81 bits per heavy atom. The summed E-state index contributed by atoms with van der Waals surface area (Å²) in [5.41, 5.74) is -0.102. The molecule has 5 atom stereocenters. The second-order valence-electron chi connectivity index (χ2n) is 8.19. The van der Waals surface area contributed by atoms with E-state index in [1.165, 1.54) is 21.1 Å². The zero-order chi connectivity index (χ0) is 21.0. The monoisotopic (exact) mass is 387 g/mol. The Bertz CT molecular complexity index is 553. The third-order valence-electron chi connectivity index (χ3n) is 4.02. The molecule has 1 saturated heterocycles. The Kier molecular flexibility index (Phi) is 7.98. The van der Waals surface area contributed by atoms with E-state index < -0.39 is 48.1 Å². The van der Waals surface area contributed by atoms with Crippen LogP contribution in [0.1, 0.15) is 41.5 Å². The number of carbonyl (C=O) groups is 2. The van der Waals surface area contributed by atoms with Crippen LogP contribution in [0, 0.1) is 5.41 Å². The van der Waals surface area contributed by atoms with Gasteiger partial charge in [0.1, 0.15) is 24.4 Å². The van der Waals surface area contributed by atoms with Crippen molar-refractivity contribution in [2.75, 3.05) is 14.2 Å². The van der Waals surface area contributed by atoms with Gasteiger partial charge in [0.05, 0.1) is 7.11 Å². The molecule has 1 aliphatic rings. The molecule has 1 amide bonds. The number of aliphatic hydroxyl groups is 1. The van der Waals surface area contributed by atoms with E-state index in [9.17, 15) is 14.7 Å². The molecule has 0 unspecified atom stereocenters. The Morgan fingerprint density at radius 1 is 1.22 bits per heavy atom. The number of aliphatic hydroxyl groups excluding tert-OH is 1. The van der Waals surface area contributed by atoms with Crippen LogP contribution in [0.25, 0.3) is 0 Å². The fraction of sp³-hybridized carbons (Fsp3) is 0.789. The van der Waals surface area contributed by atoms with Gasteiger partial charge >= 0.3 is 5.97 Å². The van der Waals surface area contributed by atoms with Crippen molar-refractivity contribution in [3.8, 4) is 0 Å². The molecule has 1 fully saturated rings. The summed E-state index contributed by atoms with van der Waals surface area (Å²) in [6, 6.07) is -0.860. The number of esters is 1. The second-order valence-corrected chi connectivity index (χ2v) is 8.19. The summed E-state index contributed by atoms with van der Waals surface area (Å²) in [6.07, 6.45) is -0.245. The van der Waals surface area contributed by atoms with Gasteiger partial charge in [0, 0.05) is 7.11 Å². The summed E-state index contributed by atoms with van der Waals surface area (Å²) >= 11 is 0. The lowest BCUT2D eigenvalue weighted by molar-refractivity contribution is -0.334. The van der Waals surface area contributed by atoms with Gasteiger partial charge in [-0.15, -0.1) is 0 Å². The highest BCUT2D eigenvalue weighted by molar-refractivity contribution is 5.87. The van der Waals surface area contributed by atoms with Gasteiger partial charge in [-0.2, -0.15) is 0 Å². The third kappa shape index (κ3) is 6.88. The van der Waals surface area contributed by atoms with Crippen LogP contribution in [0.15, 0.2) is 12.2 Å². The first-order valence-electron chi connectivity index (χ1n) is 8.95. The van der Waals surface area contributed by atoms with Gasteiger partial charge in [-0.3, -0.25) is 4.79 Å². The molecule has 1 rings (SSSR count). The van der Waals surface area contributed by atoms with Gasteiger partial charge in [0.25, 0.3) is 5.91 Å². The van der Waals surface area contributed by atoms with Gasteiger partial charge in [-0.05, 0) is 26.2 Å². The minimum absolute atomic E-state index is 0.102. The van der Waals surface area contributed by atoms with E-state index in [-0.39, 0.29) is 5.41 Å². The first-order chi connectivity index (χ1) is 12.3. The molecule has 1 heterocycles. The van der Waals surface area contributed by atoms with Crippen LogP contribution in [0.4, 0.5) is 0 Å². The molecular formula is C19H33NO7. The van der Waals surface area contributed by atoms with Crippen LogP contribution in [0.2, 0.25) is 0 Å². The van der Waals surface area contributed by atoms with Crippen molar-refractivity contribution >= 4 is 11.9 Å². The molecule has 0 aliphatic carbocycles. The molecule has 2 N–H and O–H groups in total. The van der Waals surface area contributed by atoms with Crippen molar-refractivity contribution in [3.63, 3.8) is 0 Å². The quantitative estimate of drug-likeness (QED) is 0.521. The standard InChI is InChI=1S/C19H33NO7/c1-11(17(23)25-8)20-16(22)15(24-7)14-13(21)12(9-10-18(2,3)4)26-19(5,6)27-14/h9-15,21H,1-8H3,(H,20,22)/b10-9+/t11-,12+,13+,14+,15+/m0/s1. The SMILES string of the molecule is COC(=O)[C@H](C)NC(=O)[C@H](OC)[C@@H]1OC(C)(C)O[C@H](/C=C/C(C)(C)C)[C@H]1O. The largest absolute Gasteiger partial charge is 0.467 e. The smallest absolute Gasteiger partial charge is 0.328 e. The summed E-state index contributed by atoms with van der Waals surface area (Å²) in [6.45, 7) is 11.0. The van der Waals surface area contributed by atoms with E-state index in [1.807, 2.05) is 26.8 Å². The molecule has 27 heavy (non-hydrogen) atoms. The fourth-order valence-corrected chi connectivity index (χ4v) is 2.71. The normalized spacial score (nSPS) is 27.8. The van der Waals surface area contributed by atoms with Crippen LogP contribution in [-0.4, -0.2) is 67.4 Å². The lowest BCUT2D eigenvalue weighted by atomic mass is 9.93. The van der Waals surface area contributed by atoms with E-state index in [0.717, 1.165) is 0 Å². The predicted octanol–water partition coefficient (Wildman–Crippen LogP) is 1.16. The molecule has 0 spiro atoms. The summed E-state index contributed by atoms with van der Waals surface area (Å²) < 4.78 is 21.5. The summed E-state index contributed by atoms with van der Waals surface area (Å²) in [5.74, 6) is -2.21. The zero-order valence-corrected chi connectivity index (χ0v) is 17.4. The minimum atomic E-state index is -1.14. The van der Waals surface area contributed by atoms with E-state index in [1.54, 1.807) is 19.9 Å². The van der Waals surface area contributed by atoms with Crippen LogP contribution in [0.3, 0.4) is 0 Å².